The third-order valence-corrected chi connectivity index (χ3v) is 10.2. The Kier molecular flexibility index (Phi) is 10.3. The number of aromatic nitrogens is 1. The standard InChI is InChI=1S/C20H18NO4.C17H24O10/c1-22-17-4-3-12-7-16-14-9-19-18(24-11-25-19)8-13(14)5-6-21(16)10-15(12)20(17)23-2;1-24-15(23)9-6-25-16(11-7(4-18)2-3-8(9)11)27-17-14(22)13(21)12(20)10(5-19)26-17/h3-4,7-10H,5-6,11H2,1-2H3;2,6,8,10-14,16-22H,3-5H2,1H3/q+1;/t;8-,10-,11-,12-,13+,14-,16+,17+/m.1/s1. The number of esters is 1. The van der Waals surface area contributed by atoms with Crippen LogP contribution in [0.15, 0.2) is 60.0 Å². The van der Waals surface area contributed by atoms with Crippen molar-refractivity contribution >= 4 is 16.7 Å². The quantitative estimate of drug-likeness (QED) is 0.131. The molecule has 0 spiro atoms. The number of benzene rings is 2. The minimum absolute atomic E-state index is 0.270. The van der Waals surface area contributed by atoms with Gasteiger partial charge in [0.25, 0.3) is 0 Å². The molecule has 4 aliphatic heterocycles. The summed E-state index contributed by atoms with van der Waals surface area (Å²) in [5.74, 6) is 1.76. The van der Waals surface area contributed by atoms with E-state index >= 15 is 0 Å². The van der Waals surface area contributed by atoms with Crippen LogP contribution < -0.4 is 23.5 Å². The summed E-state index contributed by atoms with van der Waals surface area (Å²) in [6.07, 6.45) is -1.62. The van der Waals surface area contributed by atoms with Crippen molar-refractivity contribution in [1.82, 2.24) is 0 Å². The van der Waals surface area contributed by atoms with Crippen molar-refractivity contribution in [3.63, 3.8) is 0 Å². The van der Waals surface area contributed by atoms with Crippen LogP contribution in [0.25, 0.3) is 22.0 Å². The summed E-state index contributed by atoms with van der Waals surface area (Å²) < 4.78 is 45.7. The van der Waals surface area contributed by atoms with E-state index < -0.39 is 55.5 Å². The number of carbonyl (C=O) groups is 1. The number of aliphatic hydroxyl groups is 5. The lowest BCUT2D eigenvalue weighted by atomic mass is 9.83. The fraction of sp³-hybridized carbons (Fsp3) is 0.459. The van der Waals surface area contributed by atoms with E-state index in [2.05, 4.69) is 35.0 Å². The van der Waals surface area contributed by atoms with Gasteiger partial charge in [-0.25, -0.2) is 4.79 Å². The van der Waals surface area contributed by atoms with Gasteiger partial charge in [-0.2, -0.15) is 4.57 Å². The van der Waals surface area contributed by atoms with E-state index in [1.54, 1.807) is 20.3 Å². The second kappa shape index (κ2) is 14.9. The zero-order valence-electron chi connectivity index (χ0n) is 28.8. The number of hydrogen-bond acceptors (Lipinski definition) is 14. The summed E-state index contributed by atoms with van der Waals surface area (Å²) in [5.41, 5.74) is 4.58. The molecule has 0 amide bonds. The van der Waals surface area contributed by atoms with Crippen LogP contribution in [0, 0.1) is 11.8 Å². The van der Waals surface area contributed by atoms with E-state index in [9.17, 15) is 30.3 Å². The highest BCUT2D eigenvalue weighted by Crippen LogP contribution is 2.45. The molecule has 8 atom stereocenters. The highest BCUT2D eigenvalue weighted by molar-refractivity contribution is 5.92. The molecule has 52 heavy (non-hydrogen) atoms. The normalized spacial score (nSPS) is 28.2. The summed E-state index contributed by atoms with van der Waals surface area (Å²) in [6.45, 7) is 0.356. The molecule has 3 aromatic rings. The number of fused-ring (bicyclic) bond motifs is 6. The van der Waals surface area contributed by atoms with Crippen LogP contribution >= 0.6 is 0 Å². The molecule has 15 nitrogen and oxygen atoms in total. The topological polar surface area (TPSA) is 196 Å². The first kappa shape index (κ1) is 35.9. The highest BCUT2D eigenvalue weighted by Gasteiger charge is 2.49. The Hall–Kier alpha value is -4.48. The molecule has 278 valence electrons. The van der Waals surface area contributed by atoms with Crippen LogP contribution in [-0.4, -0.2) is 110 Å². The van der Waals surface area contributed by atoms with Crippen molar-refractivity contribution in [2.75, 3.05) is 41.3 Å². The van der Waals surface area contributed by atoms with Gasteiger partial charge < -0.3 is 63.4 Å². The molecule has 1 aliphatic carbocycles. The highest BCUT2D eigenvalue weighted by atomic mass is 16.8. The zero-order valence-corrected chi connectivity index (χ0v) is 28.8. The molecule has 8 rings (SSSR count). The number of aryl methyl sites for hydroxylation is 2. The van der Waals surface area contributed by atoms with Crippen LogP contribution in [0.2, 0.25) is 0 Å². The van der Waals surface area contributed by atoms with Crippen molar-refractivity contribution in [2.24, 2.45) is 11.8 Å². The summed E-state index contributed by atoms with van der Waals surface area (Å²) in [5, 5.41) is 50.9. The summed E-state index contributed by atoms with van der Waals surface area (Å²) >= 11 is 0. The Balaban J connectivity index is 0.000000162. The average molecular weight is 725 g/mol. The van der Waals surface area contributed by atoms with Gasteiger partial charge in [0.05, 0.1) is 63.2 Å². The summed E-state index contributed by atoms with van der Waals surface area (Å²) in [6, 6.07) is 10.4. The molecule has 0 bridgehead atoms. The number of hydrogen-bond donors (Lipinski definition) is 5. The number of pyridine rings is 1. The molecular weight excluding hydrogens is 682 g/mol. The first-order chi connectivity index (χ1) is 25.2. The minimum atomic E-state index is -1.59. The molecule has 5 aliphatic rings. The van der Waals surface area contributed by atoms with E-state index in [1.165, 1.54) is 30.2 Å². The Morgan fingerprint density at radius 2 is 1.75 bits per heavy atom. The van der Waals surface area contributed by atoms with Crippen LogP contribution in [0.3, 0.4) is 0 Å². The number of methoxy groups -OCH3 is 3. The Bertz CT molecular complexity index is 1890. The van der Waals surface area contributed by atoms with E-state index in [1.807, 2.05) is 6.07 Å². The first-order valence-electron chi connectivity index (χ1n) is 16.9. The largest absolute Gasteiger partial charge is 0.493 e. The smallest absolute Gasteiger partial charge is 0.337 e. The molecule has 5 N–H and O–H groups in total. The van der Waals surface area contributed by atoms with Crippen molar-refractivity contribution in [2.45, 2.75) is 56.4 Å². The molecule has 0 unspecified atom stereocenters. The number of allylic oxidation sites excluding steroid dienone is 1. The summed E-state index contributed by atoms with van der Waals surface area (Å²) in [7, 11) is 4.59. The SMILES string of the molecule is COC(=O)C1=CO[C@@H](O[C@@H]2O[C@H](CO)[C@@H](O)[C@H](O)[C@H]2O)[C@@H]2C(CO)=CC[C@H]12.COc1ccc2cc3[n+](cc2c1OC)CCc1cc2c(cc1-3)OCO2. The Morgan fingerprint density at radius 1 is 0.962 bits per heavy atom. The molecule has 15 heteroatoms. The van der Waals surface area contributed by atoms with Crippen molar-refractivity contribution in [3.8, 4) is 34.3 Å². The second-order valence-corrected chi connectivity index (χ2v) is 13.0. The van der Waals surface area contributed by atoms with Crippen molar-refractivity contribution < 1.29 is 72.8 Å². The molecule has 0 radical (unpaired) electrons. The monoisotopic (exact) mass is 724 g/mol. The maximum absolute atomic E-state index is 12.0. The molecular formula is C37H42NO14+. The molecule has 1 fully saturated rings. The number of aliphatic hydroxyl groups excluding tert-OH is 5. The average Bonchev–Trinajstić information content (AvgIpc) is 3.83. The predicted molar refractivity (Wildman–Crippen MR) is 179 cm³/mol. The van der Waals surface area contributed by atoms with E-state index in [0.717, 1.165) is 46.7 Å². The molecule has 1 saturated heterocycles. The van der Waals surface area contributed by atoms with Crippen LogP contribution in [-0.2, 0) is 36.7 Å². The van der Waals surface area contributed by atoms with Gasteiger partial charge in [-0.05, 0) is 47.2 Å². The molecule has 5 heterocycles. The van der Waals surface area contributed by atoms with Crippen molar-refractivity contribution in [3.05, 3.63) is 65.6 Å². The van der Waals surface area contributed by atoms with Gasteiger partial charge in [0.2, 0.25) is 18.8 Å². The summed E-state index contributed by atoms with van der Waals surface area (Å²) in [4.78, 5) is 12.0. The Morgan fingerprint density at radius 3 is 2.46 bits per heavy atom. The minimum Gasteiger partial charge on any atom is -0.493 e. The van der Waals surface area contributed by atoms with Crippen LogP contribution in [0.4, 0.5) is 0 Å². The van der Waals surface area contributed by atoms with Crippen LogP contribution in [0.5, 0.6) is 23.0 Å². The Labute approximate surface area is 298 Å². The molecule has 2 aromatic carbocycles. The van der Waals surface area contributed by atoms with E-state index in [0.29, 0.717) is 24.4 Å². The number of carbonyl (C=O) groups excluding carboxylic acids is 1. The van der Waals surface area contributed by atoms with Gasteiger partial charge in [0.1, 0.15) is 24.4 Å². The predicted octanol–water partition coefficient (Wildman–Crippen LogP) is 0.867. The van der Waals surface area contributed by atoms with Crippen molar-refractivity contribution in [1.29, 1.82) is 0 Å². The lowest BCUT2D eigenvalue weighted by Gasteiger charge is -2.42. The van der Waals surface area contributed by atoms with Crippen LogP contribution in [0.1, 0.15) is 12.0 Å². The van der Waals surface area contributed by atoms with Gasteiger partial charge >= 0.3 is 5.97 Å². The molecule has 0 saturated carbocycles. The first-order valence-corrected chi connectivity index (χ1v) is 16.9. The van der Waals surface area contributed by atoms with Gasteiger partial charge in [-0.15, -0.1) is 0 Å². The third-order valence-electron chi connectivity index (χ3n) is 10.2. The van der Waals surface area contributed by atoms with Gasteiger partial charge in [0.15, 0.2) is 42.0 Å². The molecule has 1 aromatic heterocycles. The lowest BCUT2D eigenvalue weighted by molar-refractivity contribution is -0.686. The fourth-order valence-corrected chi connectivity index (χ4v) is 7.50. The third kappa shape index (κ3) is 6.32. The van der Waals surface area contributed by atoms with Gasteiger partial charge in [-0.3, -0.25) is 0 Å². The van der Waals surface area contributed by atoms with E-state index in [-0.39, 0.29) is 12.5 Å². The van der Waals surface area contributed by atoms with Gasteiger partial charge in [0, 0.05) is 18.4 Å². The van der Waals surface area contributed by atoms with E-state index in [4.69, 9.17) is 37.9 Å². The maximum atomic E-state index is 12.0. The number of rotatable bonds is 7. The van der Waals surface area contributed by atoms with Gasteiger partial charge in [-0.1, -0.05) is 6.08 Å². The second-order valence-electron chi connectivity index (χ2n) is 13.0. The number of ether oxygens (including phenoxy) is 8. The zero-order chi connectivity index (χ0) is 36.7. The fourth-order valence-electron chi connectivity index (χ4n) is 7.50. The lowest BCUT2D eigenvalue weighted by Crippen LogP contribution is -2.60. The number of nitrogens with zero attached hydrogens (tertiary/aromatic N) is 1. The maximum Gasteiger partial charge on any atom is 0.337 e.